The average molecular weight is 410 g/mol. The van der Waals surface area contributed by atoms with Gasteiger partial charge < -0.3 is 14.8 Å². The Balaban J connectivity index is 1.52. The highest BCUT2D eigenvalue weighted by Gasteiger charge is 2.32. The van der Waals surface area contributed by atoms with E-state index in [-0.39, 0.29) is 10.2 Å². The van der Waals surface area contributed by atoms with Crippen LogP contribution >= 0.6 is 24.0 Å². The van der Waals surface area contributed by atoms with Crippen LogP contribution in [-0.2, 0) is 22.6 Å². The molecular formula is C21H17N2O3S2-. The molecule has 5 nitrogen and oxygen atoms in total. The molecule has 2 aromatic carbocycles. The third kappa shape index (κ3) is 3.81. The number of hydrogen-bond acceptors (Lipinski definition) is 6. The first-order valence-corrected chi connectivity index (χ1v) is 10.1. The van der Waals surface area contributed by atoms with Crippen molar-refractivity contribution in [3.63, 3.8) is 0 Å². The molecule has 1 amide bonds. The summed E-state index contributed by atoms with van der Waals surface area (Å²) < 4.78 is 0.246. The summed E-state index contributed by atoms with van der Waals surface area (Å²) in [5, 5.41) is 10.8. The van der Waals surface area contributed by atoms with Gasteiger partial charge in [-0.1, -0.05) is 60.4 Å². The normalized spacial score (nSPS) is 17.5. The lowest BCUT2D eigenvalue weighted by Gasteiger charge is -2.19. The molecular weight excluding hydrogens is 392 g/mol. The van der Waals surface area contributed by atoms with Gasteiger partial charge in [0.2, 0.25) is 0 Å². The maximum Gasteiger partial charge on any atom is 0.266 e. The molecule has 1 saturated heterocycles. The number of aliphatic carboxylic acids is 1. The van der Waals surface area contributed by atoms with E-state index < -0.39 is 12.5 Å². The molecule has 0 bridgehead atoms. The second kappa shape index (κ2) is 7.77. The lowest BCUT2D eigenvalue weighted by atomic mass is 10.1. The van der Waals surface area contributed by atoms with Crippen LogP contribution in [0.4, 0.5) is 5.69 Å². The molecule has 2 aromatic rings. The standard InChI is InChI=1S/C21H18N2O3S2/c24-19(25)13-23-20(26)18(28-21(23)27)11-15-6-7-17-16(10-15)8-9-22(17)12-14-4-2-1-3-5-14/h1-7,10-11H,8-9,12-13H2,(H,24,25)/p-1/b18-11+. The molecule has 0 saturated carbocycles. The van der Waals surface area contributed by atoms with Gasteiger partial charge in [0.15, 0.2) is 0 Å². The number of amides is 1. The van der Waals surface area contributed by atoms with E-state index in [9.17, 15) is 14.7 Å². The molecule has 0 N–H and O–H groups in total. The summed E-state index contributed by atoms with van der Waals surface area (Å²) in [6.45, 7) is 1.32. The highest BCUT2D eigenvalue weighted by Crippen LogP contribution is 2.34. The predicted molar refractivity (Wildman–Crippen MR) is 113 cm³/mol. The zero-order valence-corrected chi connectivity index (χ0v) is 16.6. The van der Waals surface area contributed by atoms with Crippen molar-refractivity contribution >= 4 is 51.9 Å². The average Bonchev–Trinajstić information content (AvgIpc) is 3.18. The van der Waals surface area contributed by atoms with Gasteiger partial charge in [0, 0.05) is 18.8 Å². The van der Waals surface area contributed by atoms with Gasteiger partial charge in [0.25, 0.3) is 5.91 Å². The van der Waals surface area contributed by atoms with Crippen LogP contribution in [0.1, 0.15) is 16.7 Å². The zero-order chi connectivity index (χ0) is 19.7. The second-order valence-corrected chi connectivity index (χ2v) is 8.36. The Morgan fingerprint density at radius 2 is 2.00 bits per heavy atom. The van der Waals surface area contributed by atoms with E-state index >= 15 is 0 Å². The molecule has 28 heavy (non-hydrogen) atoms. The lowest BCUT2D eigenvalue weighted by molar-refractivity contribution is -0.305. The van der Waals surface area contributed by atoms with Crippen LogP contribution in [-0.4, -0.2) is 34.2 Å². The van der Waals surface area contributed by atoms with Gasteiger partial charge in [0.05, 0.1) is 17.4 Å². The number of carbonyl (C=O) groups is 2. The summed E-state index contributed by atoms with van der Waals surface area (Å²) >= 11 is 6.24. The summed E-state index contributed by atoms with van der Waals surface area (Å²) in [7, 11) is 0. The topological polar surface area (TPSA) is 63.7 Å². The Morgan fingerprint density at radius 3 is 2.75 bits per heavy atom. The number of benzene rings is 2. The first-order chi connectivity index (χ1) is 13.5. The third-order valence-electron chi connectivity index (χ3n) is 4.77. The Labute approximate surface area is 172 Å². The van der Waals surface area contributed by atoms with Gasteiger partial charge in [-0.05, 0) is 41.3 Å². The van der Waals surface area contributed by atoms with Gasteiger partial charge in [-0.3, -0.25) is 9.69 Å². The number of thioether (sulfide) groups is 1. The summed E-state index contributed by atoms with van der Waals surface area (Å²) in [4.78, 5) is 27.1. The zero-order valence-electron chi connectivity index (χ0n) is 15.0. The van der Waals surface area contributed by atoms with Crippen LogP contribution in [0, 0.1) is 0 Å². The number of anilines is 1. The first-order valence-electron chi connectivity index (χ1n) is 8.88. The maximum atomic E-state index is 12.4. The largest absolute Gasteiger partial charge is 0.548 e. The van der Waals surface area contributed by atoms with Crippen LogP contribution < -0.4 is 10.0 Å². The first kappa shape index (κ1) is 18.7. The molecule has 1 fully saturated rings. The van der Waals surface area contributed by atoms with Gasteiger partial charge in [-0.15, -0.1) is 0 Å². The van der Waals surface area contributed by atoms with Crippen molar-refractivity contribution in [1.82, 2.24) is 4.90 Å². The predicted octanol–water partition coefficient (Wildman–Crippen LogP) is 2.20. The molecule has 0 spiro atoms. The number of fused-ring (bicyclic) bond motifs is 1. The number of hydrogen-bond donors (Lipinski definition) is 0. The van der Waals surface area contributed by atoms with Crippen molar-refractivity contribution in [1.29, 1.82) is 0 Å². The van der Waals surface area contributed by atoms with E-state index in [2.05, 4.69) is 29.2 Å². The highest BCUT2D eigenvalue weighted by molar-refractivity contribution is 8.26. The van der Waals surface area contributed by atoms with Crippen LogP contribution in [0.3, 0.4) is 0 Å². The van der Waals surface area contributed by atoms with Crippen molar-refractivity contribution in [3.8, 4) is 0 Å². The number of rotatable bonds is 5. The minimum Gasteiger partial charge on any atom is -0.548 e. The summed E-state index contributed by atoms with van der Waals surface area (Å²) in [6.07, 6.45) is 2.73. The van der Waals surface area contributed by atoms with Crippen LogP contribution in [0.5, 0.6) is 0 Å². The molecule has 0 aliphatic carbocycles. The van der Waals surface area contributed by atoms with E-state index in [1.54, 1.807) is 6.08 Å². The molecule has 0 radical (unpaired) electrons. The smallest absolute Gasteiger partial charge is 0.266 e. The second-order valence-electron chi connectivity index (χ2n) is 6.69. The van der Waals surface area contributed by atoms with E-state index in [4.69, 9.17) is 12.2 Å². The summed E-state index contributed by atoms with van der Waals surface area (Å²) in [5.41, 5.74) is 4.64. The van der Waals surface area contributed by atoms with E-state index in [0.29, 0.717) is 4.91 Å². The maximum absolute atomic E-state index is 12.4. The number of carboxylic acids is 1. The van der Waals surface area contributed by atoms with E-state index in [1.165, 1.54) is 16.8 Å². The van der Waals surface area contributed by atoms with Crippen molar-refractivity contribution in [2.45, 2.75) is 13.0 Å². The van der Waals surface area contributed by atoms with Gasteiger partial charge in [-0.2, -0.15) is 0 Å². The van der Waals surface area contributed by atoms with Crippen molar-refractivity contribution in [2.24, 2.45) is 0 Å². The van der Waals surface area contributed by atoms with Gasteiger partial charge in [-0.25, -0.2) is 0 Å². The fourth-order valence-corrected chi connectivity index (χ4v) is 4.72. The molecule has 142 valence electrons. The van der Waals surface area contributed by atoms with Crippen LogP contribution in [0.2, 0.25) is 0 Å². The number of thiocarbonyl (C=S) groups is 1. The molecule has 4 rings (SSSR count). The number of carboxylic acid groups (broad SMARTS) is 1. The van der Waals surface area contributed by atoms with E-state index in [0.717, 1.165) is 41.7 Å². The molecule has 2 aliphatic heterocycles. The molecule has 0 unspecified atom stereocenters. The molecule has 2 heterocycles. The van der Waals surface area contributed by atoms with Crippen molar-refractivity contribution in [3.05, 3.63) is 70.1 Å². The lowest BCUT2D eigenvalue weighted by Crippen LogP contribution is -2.40. The summed E-state index contributed by atoms with van der Waals surface area (Å²) in [6, 6.07) is 16.5. The molecule has 2 aliphatic rings. The number of nitrogens with zero attached hydrogens (tertiary/aromatic N) is 2. The van der Waals surface area contributed by atoms with Gasteiger partial charge in [0.1, 0.15) is 4.32 Å². The highest BCUT2D eigenvalue weighted by atomic mass is 32.2. The Kier molecular flexibility index (Phi) is 5.19. The quantitative estimate of drug-likeness (QED) is 0.557. The Bertz CT molecular complexity index is 988. The Morgan fingerprint density at radius 1 is 1.21 bits per heavy atom. The van der Waals surface area contributed by atoms with Crippen LogP contribution in [0.15, 0.2) is 53.4 Å². The monoisotopic (exact) mass is 409 g/mol. The van der Waals surface area contributed by atoms with E-state index in [1.807, 2.05) is 24.3 Å². The Hall–Kier alpha value is -2.64. The van der Waals surface area contributed by atoms with Crippen molar-refractivity contribution in [2.75, 3.05) is 18.0 Å². The van der Waals surface area contributed by atoms with Gasteiger partial charge >= 0.3 is 0 Å². The fourth-order valence-electron chi connectivity index (χ4n) is 3.46. The fraction of sp³-hybridized carbons (Fsp3) is 0.190. The summed E-state index contributed by atoms with van der Waals surface area (Å²) in [5.74, 6) is -1.71. The van der Waals surface area contributed by atoms with Crippen molar-refractivity contribution < 1.29 is 14.7 Å². The minimum atomic E-state index is -1.33. The number of carbonyl (C=O) groups excluding carboxylic acids is 2. The molecule has 7 heteroatoms. The molecule has 0 aromatic heterocycles. The third-order valence-corrected chi connectivity index (χ3v) is 6.15. The SMILES string of the molecule is O=C([O-])CN1C(=O)/C(=C\c2ccc3c(c2)CCN3Cc2ccccc2)SC1=S. The van der Waals surface area contributed by atoms with Crippen LogP contribution in [0.25, 0.3) is 6.08 Å². The molecule has 0 atom stereocenters. The minimum absolute atomic E-state index is 0.246.